The van der Waals surface area contributed by atoms with Crippen molar-refractivity contribution in [3.8, 4) is 0 Å². The number of aromatic amines is 1. The Kier molecular flexibility index (Phi) is 4.94. The van der Waals surface area contributed by atoms with Crippen molar-refractivity contribution in [2.75, 3.05) is 13.1 Å². The Morgan fingerprint density at radius 3 is 2.54 bits per heavy atom. The number of hydrogen-bond donors (Lipinski definition) is 3. The van der Waals surface area contributed by atoms with Gasteiger partial charge in [-0.05, 0) is 43.0 Å². The van der Waals surface area contributed by atoms with Gasteiger partial charge in [-0.15, -0.1) is 0 Å². The fourth-order valence-corrected chi connectivity index (χ4v) is 2.85. The van der Waals surface area contributed by atoms with E-state index in [1.165, 1.54) is 19.3 Å². The molecule has 24 heavy (non-hydrogen) atoms. The molecule has 0 bridgehead atoms. The maximum Gasteiger partial charge on any atom is 0.341 e. The van der Waals surface area contributed by atoms with Gasteiger partial charge >= 0.3 is 5.97 Å². The summed E-state index contributed by atoms with van der Waals surface area (Å²) in [6, 6.07) is 2.76. The molecular formula is C18H21FN2O3. The molecule has 2 fully saturated rings. The standard InChI is InChI=1S/C15H15FN2O3.C3H6/c16-12-4-10-13(18-7-11(14(10)19)15(20)21)5-9(12)8-2-1-3-17-6-8;1-2-3-1/h4-5,7-8,17H,1-3,6H2,(H,18,19)(H,20,21);1-3H2. The van der Waals surface area contributed by atoms with Crippen molar-refractivity contribution >= 4 is 16.9 Å². The van der Waals surface area contributed by atoms with E-state index in [9.17, 15) is 14.0 Å². The number of H-pyrrole nitrogens is 1. The van der Waals surface area contributed by atoms with E-state index < -0.39 is 17.2 Å². The summed E-state index contributed by atoms with van der Waals surface area (Å²) < 4.78 is 14.3. The molecule has 1 aliphatic heterocycles. The largest absolute Gasteiger partial charge is 0.477 e. The second kappa shape index (κ2) is 7.13. The lowest BCUT2D eigenvalue weighted by molar-refractivity contribution is 0.0695. The third kappa shape index (κ3) is 3.64. The van der Waals surface area contributed by atoms with E-state index in [2.05, 4.69) is 10.3 Å². The van der Waals surface area contributed by atoms with E-state index in [1.54, 1.807) is 6.07 Å². The van der Waals surface area contributed by atoms with Gasteiger partial charge in [-0.2, -0.15) is 0 Å². The Labute approximate surface area is 138 Å². The number of nitrogens with one attached hydrogen (secondary N) is 2. The lowest BCUT2D eigenvalue weighted by Gasteiger charge is -2.23. The van der Waals surface area contributed by atoms with Gasteiger partial charge in [-0.3, -0.25) is 4.79 Å². The van der Waals surface area contributed by atoms with Crippen molar-refractivity contribution in [2.24, 2.45) is 0 Å². The number of carboxylic acid groups (broad SMARTS) is 1. The Morgan fingerprint density at radius 2 is 1.96 bits per heavy atom. The van der Waals surface area contributed by atoms with Gasteiger partial charge in [0.1, 0.15) is 11.4 Å². The second-order valence-corrected chi connectivity index (χ2v) is 6.36. The highest BCUT2D eigenvalue weighted by Crippen LogP contribution is 2.27. The molecule has 1 saturated carbocycles. The Hall–Kier alpha value is -2.21. The molecule has 128 valence electrons. The van der Waals surface area contributed by atoms with Crippen LogP contribution < -0.4 is 10.7 Å². The molecule has 1 aromatic carbocycles. The summed E-state index contributed by atoms with van der Waals surface area (Å²) in [7, 11) is 0. The number of carboxylic acids is 1. The number of benzene rings is 1. The van der Waals surface area contributed by atoms with Crippen LogP contribution in [-0.4, -0.2) is 29.1 Å². The molecule has 3 N–H and O–H groups in total. The van der Waals surface area contributed by atoms with E-state index in [0.717, 1.165) is 31.6 Å². The molecule has 1 aromatic heterocycles. The van der Waals surface area contributed by atoms with Crippen molar-refractivity contribution in [3.63, 3.8) is 0 Å². The molecular weight excluding hydrogens is 311 g/mol. The first-order valence-electron chi connectivity index (χ1n) is 8.37. The van der Waals surface area contributed by atoms with Crippen molar-refractivity contribution in [1.82, 2.24) is 10.3 Å². The predicted molar refractivity (Wildman–Crippen MR) is 90.2 cm³/mol. The van der Waals surface area contributed by atoms with Gasteiger partial charge in [0.15, 0.2) is 0 Å². The number of halogens is 1. The topological polar surface area (TPSA) is 82.2 Å². The van der Waals surface area contributed by atoms with Crippen LogP contribution in [-0.2, 0) is 0 Å². The number of aromatic carboxylic acids is 1. The van der Waals surface area contributed by atoms with E-state index in [1.807, 2.05) is 0 Å². The summed E-state index contributed by atoms with van der Waals surface area (Å²) in [6.45, 7) is 1.64. The predicted octanol–water partition coefficient (Wildman–Crippen LogP) is 3.00. The van der Waals surface area contributed by atoms with Crippen LogP contribution in [0.1, 0.15) is 53.9 Å². The molecule has 1 aliphatic carbocycles. The van der Waals surface area contributed by atoms with Crippen LogP contribution in [0.2, 0.25) is 0 Å². The summed E-state index contributed by atoms with van der Waals surface area (Å²) in [5, 5.41) is 12.2. The maximum absolute atomic E-state index is 14.3. The molecule has 0 radical (unpaired) electrons. The highest BCUT2D eigenvalue weighted by Gasteiger charge is 2.21. The van der Waals surface area contributed by atoms with Crippen LogP contribution in [0.25, 0.3) is 10.9 Å². The minimum Gasteiger partial charge on any atom is -0.477 e. The van der Waals surface area contributed by atoms with E-state index in [-0.39, 0.29) is 16.9 Å². The van der Waals surface area contributed by atoms with Gasteiger partial charge < -0.3 is 15.4 Å². The third-order valence-corrected chi connectivity index (χ3v) is 4.32. The number of pyridine rings is 1. The van der Waals surface area contributed by atoms with Gasteiger partial charge in [0.2, 0.25) is 5.43 Å². The molecule has 2 aliphatic rings. The Bertz CT molecular complexity index is 805. The van der Waals surface area contributed by atoms with Gasteiger partial charge in [0.05, 0.1) is 0 Å². The first-order valence-corrected chi connectivity index (χ1v) is 8.37. The first kappa shape index (κ1) is 16.6. The SMILES string of the molecule is C1CC1.O=C(O)c1c[nH]c2cc(C3CCCNC3)c(F)cc2c1=O. The smallest absolute Gasteiger partial charge is 0.341 e. The van der Waals surface area contributed by atoms with E-state index in [4.69, 9.17) is 5.11 Å². The fraction of sp³-hybridized carbons (Fsp3) is 0.444. The van der Waals surface area contributed by atoms with E-state index >= 15 is 0 Å². The second-order valence-electron chi connectivity index (χ2n) is 6.36. The fourth-order valence-electron chi connectivity index (χ4n) is 2.85. The highest BCUT2D eigenvalue weighted by molar-refractivity contribution is 5.92. The van der Waals surface area contributed by atoms with Crippen LogP contribution >= 0.6 is 0 Å². The lowest BCUT2D eigenvalue weighted by atomic mass is 9.90. The first-order chi connectivity index (χ1) is 11.6. The van der Waals surface area contributed by atoms with Crippen molar-refractivity contribution in [2.45, 2.75) is 38.0 Å². The maximum atomic E-state index is 14.3. The van der Waals surface area contributed by atoms with Gasteiger partial charge in [-0.1, -0.05) is 19.3 Å². The Balaban J connectivity index is 0.000000508. The van der Waals surface area contributed by atoms with Crippen molar-refractivity contribution < 1.29 is 14.3 Å². The quantitative estimate of drug-likeness (QED) is 0.789. The molecule has 6 heteroatoms. The summed E-state index contributed by atoms with van der Waals surface area (Å²) >= 11 is 0. The van der Waals surface area contributed by atoms with Crippen LogP contribution in [0.15, 0.2) is 23.1 Å². The highest BCUT2D eigenvalue weighted by atomic mass is 19.1. The van der Waals surface area contributed by atoms with Crippen molar-refractivity contribution in [1.29, 1.82) is 0 Å². The lowest BCUT2D eigenvalue weighted by Crippen LogP contribution is -2.29. The summed E-state index contributed by atoms with van der Waals surface area (Å²) in [5.74, 6) is -1.70. The number of piperidine rings is 1. The zero-order chi connectivity index (χ0) is 17.1. The van der Waals surface area contributed by atoms with Crippen LogP contribution in [0.5, 0.6) is 0 Å². The van der Waals surface area contributed by atoms with Gasteiger partial charge in [-0.25, -0.2) is 9.18 Å². The van der Waals surface area contributed by atoms with Crippen LogP contribution in [0.3, 0.4) is 0 Å². The number of carbonyl (C=O) groups is 1. The summed E-state index contributed by atoms with van der Waals surface area (Å²) in [5.41, 5.74) is -0.0159. The summed E-state index contributed by atoms with van der Waals surface area (Å²) in [6.07, 6.45) is 7.54. The molecule has 0 spiro atoms. The van der Waals surface area contributed by atoms with Gasteiger partial charge in [0, 0.05) is 23.6 Å². The van der Waals surface area contributed by atoms with Crippen LogP contribution in [0.4, 0.5) is 4.39 Å². The minimum atomic E-state index is -1.32. The monoisotopic (exact) mass is 332 g/mol. The number of fused-ring (bicyclic) bond motifs is 1. The molecule has 5 nitrogen and oxygen atoms in total. The molecule has 1 saturated heterocycles. The molecule has 2 aromatic rings. The number of aromatic nitrogens is 1. The molecule has 0 amide bonds. The average Bonchev–Trinajstić information content (AvgIpc) is 3.45. The van der Waals surface area contributed by atoms with Crippen molar-refractivity contribution in [3.05, 3.63) is 45.5 Å². The number of rotatable bonds is 2. The third-order valence-electron chi connectivity index (χ3n) is 4.32. The average molecular weight is 332 g/mol. The normalized spacial score (nSPS) is 19.5. The van der Waals surface area contributed by atoms with E-state index in [0.29, 0.717) is 17.6 Å². The molecule has 1 atom stereocenters. The molecule has 4 rings (SSSR count). The molecule has 1 unspecified atom stereocenters. The zero-order valence-electron chi connectivity index (χ0n) is 13.4. The van der Waals surface area contributed by atoms with Crippen LogP contribution in [0, 0.1) is 5.82 Å². The minimum absolute atomic E-state index is 0.0694. The number of hydrogen-bond acceptors (Lipinski definition) is 3. The summed E-state index contributed by atoms with van der Waals surface area (Å²) in [4.78, 5) is 25.8. The zero-order valence-corrected chi connectivity index (χ0v) is 13.4. The van der Waals surface area contributed by atoms with Gasteiger partial charge in [0.25, 0.3) is 0 Å². The molecule has 2 heterocycles. The Morgan fingerprint density at radius 1 is 1.21 bits per heavy atom.